The number of carbonyl (C=O) groups is 1. The van der Waals surface area contributed by atoms with Gasteiger partial charge in [-0.15, -0.1) is 0 Å². The molecule has 0 bridgehead atoms. The Labute approximate surface area is 96.6 Å². The van der Waals surface area contributed by atoms with E-state index in [0.717, 1.165) is 19.3 Å². The summed E-state index contributed by atoms with van der Waals surface area (Å²) in [6.45, 7) is 5.84. The van der Waals surface area contributed by atoms with E-state index in [1.165, 1.54) is 11.3 Å². The van der Waals surface area contributed by atoms with Crippen molar-refractivity contribution in [2.24, 2.45) is 5.41 Å². The van der Waals surface area contributed by atoms with Gasteiger partial charge in [-0.2, -0.15) is 0 Å². The molecule has 0 radical (unpaired) electrons. The first kappa shape index (κ1) is 11.2. The molecule has 1 heterocycles. The van der Waals surface area contributed by atoms with E-state index in [9.17, 15) is 4.79 Å². The Bertz CT molecular complexity index is 387. The first-order chi connectivity index (χ1) is 7.48. The van der Waals surface area contributed by atoms with Crippen LogP contribution in [0.25, 0.3) is 0 Å². The first-order valence-corrected chi connectivity index (χ1v) is 5.95. The van der Waals surface area contributed by atoms with Gasteiger partial charge in [-0.05, 0) is 30.9 Å². The van der Waals surface area contributed by atoms with Crippen LogP contribution in [0.2, 0.25) is 0 Å². The summed E-state index contributed by atoms with van der Waals surface area (Å²) in [4.78, 5) is 15.2. The number of carbonyl (C=O) groups excluding carboxylic acids is 1. The quantitative estimate of drug-likeness (QED) is 0.750. The lowest BCUT2D eigenvalue weighted by Crippen LogP contribution is -2.38. The van der Waals surface area contributed by atoms with Crippen LogP contribution in [0.15, 0.2) is 12.3 Å². The molecule has 0 aromatic carbocycles. The van der Waals surface area contributed by atoms with Crippen LogP contribution in [0.5, 0.6) is 0 Å². The molecule has 0 saturated heterocycles. The van der Waals surface area contributed by atoms with Gasteiger partial charge in [0.25, 0.3) is 0 Å². The molecule has 0 saturated carbocycles. The Hall–Kier alpha value is -1.25. The van der Waals surface area contributed by atoms with Gasteiger partial charge < -0.3 is 10.3 Å². The third kappa shape index (κ3) is 2.13. The fourth-order valence-corrected chi connectivity index (χ4v) is 2.12. The van der Waals surface area contributed by atoms with Crippen LogP contribution in [0, 0.1) is 5.41 Å². The smallest absolute Gasteiger partial charge is 0.225 e. The highest BCUT2D eigenvalue weighted by Crippen LogP contribution is 2.29. The molecule has 1 aromatic heterocycles. The molecule has 1 aliphatic rings. The minimum Gasteiger partial charge on any atom is -0.365 e. The lowest BCUT2D eigenvalue weighted by molar-refractivity contribution is -0.129. The number of nitrogens with one attached hydrogen (secondary N) is 2. The number of H-pyrrole nitrogens is 1. The molecule has 2 N–H and O–H groups in total. The Morgan fingerprint density at radius 3 is 2.94 bits per heavy atom. The highest BCUT2D eigenvalue weighted by Gasteiger charge is 2.27. The summed E-state index contributed by atoms with van der Waals surface area (Å²) in [7, 11) is 0. The predicted octanol–water partition coefficient (Wildman–Crippen LogP) is 2.55. The molecule has 3 heteroatoms. The molecule has 2 rings (SSSR count). The van der Waals surface area contributed by atoms with E-state index in [1.54, 1.807) is 0 Å². The van der Waals surface area contributed by atoms with E-state index in [1.807, 2.05) is 27.0 Å². The summed E-state index contributed by atoms with van der Waals surface area (Å²) in [5.41, 5.74) is 2.24. The Balaban J connectivity index is 2.11. The van der Waals surface area contributed by atoms with Crippen LogP contribution >= 0.6 is 0 Å². The van der Waals surface area contributed by atoms with Crippen LogP contribution in [-0.4, -0.2) is 10.9 Å². The number of fused-ring (bicyclic) bond motifs is 1. The number of hydrogen-bond acceptors (Lipinski definition) is 1. The van der Waals surface area contributed by atoms with Gasteiger partial charge in [-0.3, -0.25) is 4.79 Å². The van der Waals surface area contributed by atoms with E-state index < -0.39 is 0 Å². The zero-order chi connectivity index (χ0) is 11.8. The van der Waals surface area contributed by atoms with Gasteiger partial charge in [0.05, 0.1) is 6.04 Å². The first-order valence-electron chi connectivity index (χ1n) is 5.95. The van der Waals surface area contributed by atoms with E-state index in [4.69, 9.17) is 0 Å². The average Bonchev–Trinajstić information content (AvgIpc) is 2.65. The molecule has 16 heavy (non-hydrogen) atoms. The highest BCUT2D eigenvalue weighted by atomic mass is 16.2. The normalized spacial score (nSPS) is 20.3. The van der Waals surface area contributed by atoms with Crippen molar-refractivity contribution in [3.05, 3.63) is 23.5 Å². The number of hydrogen-bond donors (Lipinski definition) is 2. The van der Waals surface area contributed by atoms with Crippen molar-refractivity contribution >= 4 is 5.91 Å². The Morgan fingerprint density at radius 2 is 2.25 bits per heavy atom. The van der Waals surface area contributed by atoms with Crippen molar-refractivity contribution in [2.75, 3.05) is 0 Å². The van der Waals surface area contributed by atoms with Crippen molar-refractivity contribution in [3.63, 3.8) is 0 Å². The number of aromatic nitrogens is 1. The summed E-state index contributed by atoms with van der Waals surface area (Å²) < 4.78 is 0. The fraction of sp³-hybridized carbons (Fsp3) is 0.615. The fourth-order valence-electron chi connectivity index (χ4n) is 2.12. The molecule has 3 nitrogen and oxygen atoms in total. The minimum absolute atomic E-state index is 0.131. The maximum atomic E-state index is 11.9. The highest BCUT2D eigenvalue weighted by molar-refractivity contribution is 5.81. The molecule has 1 aromatic rings. The van der Waals surface area contributed by atoms with E-state index in [2.05, 4.69) is 16.4 Å². The molecular formula is C13H20N2O. The van der Waals surface area contributed by atoms with Gasteiger partial charge in [-0.1, -0.05) is 20.8 Å². The maximum Gasteiger partial charge on any atom is 0.225 e. The second-order valence-corrected chi connectivity index (χ2v) is 5.58. The monoisotopic (exact) mass is 220 g/mol. The van der Waals surface area contributed by atoms with Gasteiger partial charge in [0.1, 0.15) is 0 Å². The SMILES string of the molecule is CC(C)(C)C(=O)NC1CCCc2[nH]ccc21. The second kappa shape index (κ2) is 3.96. The standard InChI is InChI=1S/C13H20N2O/c1-13(2,3)12(16)15-11-6-4-5-10-9(11)7-8-14-10/h7-8,11,14H,4-6H2,1-3H3,(H,15,16). The molecule has 1 amide bonds. The van der Waals surface area contributed by atoms with Gasteiger partial charge in [0.2, 0.25) is 5.91 Å². The van der Waals surface area contributed by atoms with Gasteiger partial charge in [0.15, 0.2) is 0 Å². The topological polar surface area (TPSA) is 44.9 Å². The van der Waals surface area contributed by atoms with Crippen molar-refractivity contribution in [2.45, 2.75) is 46.1 Å². The Kier molecular flexibility index (Phi) is 2.78. The zero-order valence-electron chi connectivity index (χ0n) is 10.3. The third-order valence-corrected chi connectivity index (χ3v) is 3.15. The summed E-state index contributed by atoms with van der Waals surface area (Å²) in [5.74, 6) is 0.131. The summed E-state index contributed by atoms with van der Waals surface area (Å²) >= 11 is 0. The van der Waals surface area contributed by atoms with Crippen LogP contribution in [-0.2, 0) is 11.2 Å². The molecular weight excluding hydrogens is 200 g/mol. The molecule has 1 atom stereocenters. The second-order valence-electron chi connectivity index (χ2n) is 5.58. The van der Waals surface area contributed by atoms with Gasteiger partial charge in [-0.25, -0.2) is 0 Å². The molecule has 0 fully saturated rings. The largest absolute Gasteiger partial charge is 0.365 e. The van der Waals surface area contributed by atoms with Crippen LogP contribution < -0.4 is 5.32 Å². The van der Waals surface area contributed by atoms with Crippen molar-refractivity contribution in [1.29, 1.82) is 0 Å². The van der Waals surface area contributed by atoms with Crippen LogP contribution in [0.3, 0.4) is 0 Å². The lowest BCUT2D eigenvalue weighted by atomic mass is 9.90. The van der Waals surface area contributed by atoms with Crippen molar-refractivity contribution in [1.82, 2.24) is 10.3 Å². The maximum absolute atomic E-state index is 11.9. The number of amides is 1. The molecule has 1 unspecified atom stereocenters. The lowest BCUT2D eigenvalue weighted by Gasteiger charge is -2.27. The zero-order valence-corrected chi connectivity index (χ0v) is 10.3. The third-order valence-electron chi connectivity index (χ3n) is 3.15. The average molecular weight is 220 g/mol. The van der Waals surface area contributed by atoms with E-state index >= 15 is 0 Å². The number of aromatic amines is 1. The van der Waals surface area contributed by atoms with Crippen LogP contribution in [0.1, 0.15) is 50.9 Å². The van der Waals surface area contributed by atoms with Crippen LogP contribution in [0.4, 0.5) is 0 Å². The predicted molar refractivity (Wildman–Crippen MR) is 64.1 cm³/mol. The Morgan fingerprint density at radius 1 is 1.50 bits per heavy atom. The van der Waals surface area contributed by atoms with Crippen molar-refractivity contribution in [3.8, 4) is 0 Å². The summed E-state index contributed by atoms with van der Waals surface area (Å²) in [6.07, 6.45) is 5.26. The van der Waals surface area contributed by atoms with Gasteiger partial charge >= 0.3 is 0 Å². The van der Waals surface area contributed by atoms with E-state index in [-0.39, 0.29) is 17.4 Å². The molecule has 88 valence electrons. The molecule has 0 aliphatic heterocycles. The molecule has 1 aliphatic carbocycles. The summed E-state index contributed by atoms with van der Waals surface area (Å²) in [5, 5.41) is 3.14. The van der Waals surface area contributed by atoms with Crippen molar-refractivity contribution < 1.29 is 4.79 Å². The number of rotatable bonds is 1. The number of aryl methyl sites for hydroxylation is 1. The van der Waals surface area contributed by atoms with Gasteiger partial charge in [0, 0.05) is 17.3 Å². The van der Waals surface area contributed by atoms with E-state index in [0.29, 0.717) is 0 Å². The minimum atomic E-state index is -0.312. The molecule has 0 spiro atoms. The summed E-state index contributed by atoms with van der Waals surface area (Å²) in [6, 6.07) is 2.28.